The molecule has 0 saturated carbocycles. The molecule has 0 fully saturated rings. The molecular formula is C13H17BrN2O. The molecule has 1 aromatic rings. The van der Waals surface area contributed by atoms with Gasteiger partial charge in [-0.05, 0) is 48.3 Å². The molecule has 1 rings (SSSR count). The van der Waals surface area contributed by atoms with E-state index in [2.05, 4.69) is 27.3 Å². The molecule has 0 unspecified atom stereocenters. The van der Waals surface area contributed by atoms with E-state index in [1.54, 1.807) is 7.11 Å². The van der Waals surface area contributed by atoms with Crippen LogP contribution in [0.25, 0.3) is 0 Å². The predicted octanol–water partition coefficient (Wildman–Crippen LogP) is 3.81. The molecule has 0 bridgehead atoms. The summed E-state index contributed by atoms with van der Waals surface area (Å²) in [6.07, 6.45) is 0.807. The van der Waals surface area contributed by atoms with Gasteiger partial charge in [-0.1, -0.05) is 0 Å². The molecule has 0 atom stereocenters. The Kier molecular flexibility index (Phi) is 4.83. The zero-order valence-electron chi connectivity index (χ0n) is 10.4. The first kappa shape index (κ1) is 13.9. The molecule has 3 nitrogen and oxygen atoms in total. The number of halogens is 1. The van der Waals surface area contributed by atoms with Crippen LogP contribution in [0.3, 0.4) is 0 Å². The molecule has 0 amide bonds. The highest BCUT2D eigenvalue weighted by Crippen LogP contribution is 2.28. The Hall–Kier alpha value is -1.21. The minimum absolute atomic E-state index is 0.285. The minimum Gasteiger partial charge on any atom is -0.495 e. The van der Waals surface area contributed by atoms with Crippen LogP contribution in [0.1, 0.15) is 20.3 Å². The Morgan fingerprint density at radius 1 is 1.47 bits per heavy atom. The van der Waals surface area contributed by atoms with Crippen LogP contribution in [0.5, 0.6) is 5.75 Å². The average molecular weight is 297 g/mol. The average Bonchev–Trinajstić information content (AvgIpc) is 2.31. The van der Waals surface area contributed by atoms with E-state index in [0.717, 1.165) is 28.9 Å². The maximum Gasteiger partial charge on any atom is 0.135 e. The first-order valence-corrected chi connectivity index (χ1v) is 6.26. The topological polar surface area (TPSA) is 45.0 Å². The van der Waals surface area contributed by atoms with Gasteiger partial charge in [0.15, 0.2) is 0 Å². The summed E-state index contributed by atoms with van der Waals surface area (Å²) in [6.45, 7) is 4.65. The number of hydrogen-bond acceptors (Lipinski definition) is 3. The minimum atomic E-state index is -0.285. The second-order valence-electron chi connectivity index (χ2n) is 4.52. The third-order valence-corrected chi connectivity index (χ3v) is 3.19. The molecule has 17 heavy (non-hydrogen) atoms. The van der Waals surface area contributed by atoms with E-state index in [1.165, 1.54) is 0 Å². The number of rotatable bonds is 5. The first-order chi connectivity index (χ1) is 7.98. The number of benzene rings is 1. The van der Waals surface area contributed by atoms with E-state index in [-0.39, 0.29) is 5.41 Å². The molecule has 1 aromatic carbocycles. The van der Waals surface area contributed by atoms with Crippen LogP contribution in [-0.2, 0) is 0 Å². The fraction of sp³-hybridized carbons (Fsp3) is 0.462. The standard InChI is InChI=1S/C13H17BrN2O/c1-13(2,9-15)6-7-16-10-4-5-11(14)12(8-10)17-3/h4-5,8,16H,6-7H2,1-3H3. The largest absolute Gasteiger partial charge is 0.495 e. The first-order valence-electron chi connectivity index (χ1n) is 5.47. The fourth-order valence-corrected chi connectivity index (χ4v) is 1.75. The predicted molar refractivity (Wildman–Crippen MR) is 73.2 cm³/mol. The van der Waals surface area contributed by atoms with Crippen molar-refractivity contribution < 1.29 is 4.74 Å². The number of nitriles is 1. The van der Waals surface area contributed by atoms with Gasteiger partial charge in [-0.3, -0.25) is 0 Å². The van der Waals surface area contributed by atoms with Gasteiger partial charge in [0.25, 0.3) is 0 Å². The summed E-state index contributed by atoms with van der Waals surface area (Å²) >= 11 is 3.41. The monoisotopic (exact) mass is 296 g/mol. The smallest absolute Gasteiger partial charge is 0.135 e. The van der Waals surface area contributed by atoms with E-state index in [0.29, 0.717) is 0 Å². The molecule has 4 heteroatoms. The van der Waals surface area contributed by atoms with Gasteiger partial charge in [0.05, 0.1) is 23.1 Å². The van der Waals surface area contributed by atoms with E-state index in [1.807, 2.05) is 32.0 Å². The molecule has 0 aromatic heterocycles. The van der Waals surface area contributed by atoms with Crippen molar-refractivity contribution in [3.05, 3.63) is 22.7 Å². The number of hydrogen-bond donors (Lipinski definition) is 1. The van der Waals surface area contributed by atoms with Crippen molar-refractivity contribution in [1.82, 2.24) is 0 Å². The van der Waals surface area contributed by atoms with Crippen LogP contribution < -0.4 is 10.1 Å². The number of ether oxygens (including phenoxy) is 1. The second kappa shape index (κ2) is 5.92. The van der Waals surface area contributed by atoms with Gasteiger partial charge in [-0.25, -0.2) is 0 Å². The Morgan fingerprint density at radius 2 is 2.18 bits per heavy atom. The molecule has 0 aliphatic heterocycles. The van der Waals surface area contributed by atoms with E-state index in [9.17, 15) is 0 Å². The quantitative estimate of drug-likeness (QED) is 0.899. The van der Waals surface area contributed by atoms with Crippen LogP contribution in [0.15, 0.2) is 22.7 Å². The lowest BCUT2D eigenvalue weighted by Gasteiger charge is -2.16. The van der Waals surface area contributed by atoms with Crippen molar-refractivity contribution in [2.75, 3.05) is 19.0 Å². The molecule has 0 radical (unpaired) electrons. The molecule has 0 saturated heterocycles. The maximum atomic E-state index is 8.91. The van der Waals surface area contributed by atoms with E-state index in [4.69, 9.17) is 10.00 Å². The SMILES string of the molecule is COc1cc(NCCC(C)(C)C#N)ccc1Br. The van der Waals surface area contributed by atoms with Crippen LogP contribution in [0.4, 0.5) is 5.69 Å². The molecule has 0 aliphatic rings. The van der Waals surface area contributed by atoms with Gasteiger partial charge in [0, 0.05) is 18.3 Å². The van der Waals surface area contributed by atoms with Crippen LogP contribution in [0, 0.1) is 16.7 Å². The van der Waals surface area contributed by atoms with Crippen molar-refractivity contribution in [2.45, 2.75) is 20.3 Å². The molecule has 0 aliphatic carbocycles. The van der Waals surface area contributed by atoms with Crippen molar-refractivity contribution in [3.8, 4) is 11.8 Å². The van der Waals surface area contributed by atoms with Gasteiger partial charge < -0.3 is 10.1 Å². The summed E-state index contributed by atoms with van der Waals surface area (Å²) in [5.74, 6) is 0.801. The second-order valence-corrected chi connectivity index (χ2v) is 5.38. The molecule has 92 valence electrons. The van der Waals surface area contributed by atoms with Gasteiger partial charge >= 0.3 is 0 Å². The molecule has 0 heterocycles. The lowest BCUT2D eigenvalue weighted by Crippen LogP contribution is -2.14. The van der Waals surface area contributed by atoms with E-state index >= 15 is 0 Å². The highest BCUT2D eigenvalue weighted by Gasteiger charge is 2.15. The Bertz CT molecular complexity index is 424. The number of anilines is 1. The lowest BCUT2D eigenvalue weighted by atomic mass is 9.91. The van der Waals surface area contributed by atoms with Gasteiger partial charge in [0.2, 0.25) is 0 Å². The van der Waals surface area contributed by atoms with Crippen LogP contribution in [-0.4, -0.2) is 13.7 Å². The lowest BCUT2D eigenvalue weighted by molar-refractivity contribution is 0.412. The normalized spacial score (nSPS) is 10.8. The highest BCUT2D eigenvalue weighted by atomic mass is 79.9. The van der Waals surface area contributed by atoms with Crippen molar-refractivity contribution in [2.24, 2.45) is 5.41 Å². The summed E-state index contributed by atoms with van der Waals surface area (Å²) in [5, 5.41) is 12.2. The molecule has 1 N–H and O–H groups in total. The maximum absolute atomic E-state index is 8.91. The van der Waals surface area contributed by atoms with Crippen LogP contribution >= 0.6 is 15.9 Å². The number of methoxy groups -OCH3 is 1. The van der Waals surface area contributed by atoms with Crippen molar-refractivity contribution >= 4 is 21.6 Å². The fourth-order valence-electron chi connectivity index (χ4n) is 1.34. The summed E-state index contributed by atoms with van der Waals surface area (Å²) in [4.78, 5) is 0. The number of nitrogens with zero attached hydrogens (tertiary/aromatic N) is 1. The summed E-state index contributed by atoms with van der Waals surface area (Å²) in [7, 11) is 1.64. The molecule has 0 spiro atoms. The van der Waals surface area contributed by atoms with E-state index < -0.39 is 0 Å². The van der Waals surface area contributed by atoms with Gasteiger partial charge in [0.1, 0.15) is 5.75 Å². The zero-order valence-corrected chi connectivity index (χ0v) is 12.0. The molecular weight excluding hydrogens is 280 g/mol. The Balaban J connectivity index is 2.56. The Labute approximate surface area is 111 Å². The zero-order chi connectivity index (χ0) is 12.9. The summed E-state index contributed by atoms with van der Waals surface area (Å²) in [5.41, 5.74) is 0.714. The van der Waals surface area contributed by atoms with Crippen LogP contribution in [0.2, 0.25) is 0 Å². The summed E-state index contributed by atoms with van der Waals surface area (Å²) in [6, 6.07) is 8.14. The highest BCUT2D eigenvalue weighted by molar-refractivity contribution is 9.10. The van der Waals surface area contributed by atoms with Crippen molar-refractivity contribution in [1.29, 1.82) is 5.26 Å². The Morgan fingerprint density at radius 3 is 2.76 bits per heavy atom. The van der Waals surface area contributed by atoms with Crippen molar-refractivity contribution in [3.63, 3.8) is 0 Å². The third-order valence-electron chi connectivity index (χ3n) is 2.53. The summed E-state index contributed by atoms with van der Waals surface area (Å²) < 4.78 is 6.15. The van der Waals surface area contributed by atoms with Gasteiger partial charge in [-0.15, -0.1) is 0 Å². The number of nitrogens with one attached hydrogen (secondary N) is 1. The third kappa shape index (κ3) is 4.27. The van der Waals surface area contributed by atoms with Gasteiger partial charge in [-0.2, -0.15) is 5.26 Å².